The molecule has 9 heteroatoms. The topological polar surface area (TPSA) is 96.4 Å². The van der Waals surface area contributed by atoms with E-state index in [1.54, 1.807) is 44.6 Å². The number of amides is 1. The van der Waals surface area contributed by atoms with Gasteiger partial charge in [0.15, 0.2) is 0 Å². The fourth-order valence-electron chi connectivity index (χ4n) is 4.29. The highest BCUT2D eigenvalue weighted by atomic mass is 16.5. The Bertz CT molecular complexity index is 1420. The number of ether oxygens (including phenoxy) is 1. The number of aromatic nitrogens is 4. The molecule has 1 aliphatic rings. The van der Waals surface area contributed by atoms with E-state index < -0.39 is 0 Å². The van der Waals surface area contributed by atoms with Gasteiger partial charge in [-0.3, -0.25) is 9.78 Å². The Balaban J connectivity index is 1.58. The minimum atomic E-state index is -0.0957. The highest BCUT2D eigenvalue weighted by Gasteiger charge is 2.20. The van der Waals surface area contributed by atoms with Gasteiger partial charge in [-0.15, -0.1) is 0 Å². The molecule has 0 aliphatic carbocycles. The van der Waals surface area contributed by atoms with E-state index in [-0.39, 0.29) is 5.91 Å². The van der Waals surface area contributed by atoms with Crippen LogP contribution in [0.25, 0.3) is 22.2 Å². The summed E-state index contributed by atoms with van der Waals surface area (Å²) in [6, 6.07) is 11.3. The summed E-state index contributed by atoms with van der Waals surface area (Å²) >= 11 is 0. The average molecular weight is 470 g/mol. The van der Waals surface area contributed by atoms with Crippen LogP contribution in [0.3, 0.4) is 0 Å². The van der Waals surface area contributed by atoms with Crippen molar-refractivity contribution in [1.82, 2.24) is 29.7 Å². The van der Waals surface area contributed by atoms with Crippen LogP contribution in [0.5, 0.6) is 5.88 Å². The van der Waals surface area contributed by atoms with Gasteiger partial charge in [0.05, 0.1) is 18.5 Å². The Kier molecular flexibility index (Phi) is 6.00. The highest BCUT2D eigenvalue weighted by molar-refractivity contribution is 6.03. The number of pyridine rings is 2. The zero-order valence-corrected chi connectivity index (χ0v) is 20.2. The van der Waals surface area contributed by atoms with E-state index in [2.05, 4.69) is 33.3 Å². The number of benzene rings is 1. The largest absolute Gasteiger partial charge is 0.480 e. The van der Waals surface area contributed by atoms with E-state index >= 15 is 0 Å². The van der Waals surface area contributed by atoms with Gasteiger partial charge in [-0.25, -0.2) is 15.0 Å². The molecule has 9 nitrogen and oxygen atoms in total. The first-order valence-corrected chi connectivity index (χ1v) is 11.4. The molecule has 0 saturated carbocycles. The molecule has 0 unspecified atom stereocenters. The summed E-state index contributed by atoms with van der Waals surface area (Å²) in [6.45, 7) is 1.79. The number of carbonyl (C=O) groups excluding carboxylic acids is 1. The number of nitrogens with one attached hydrogen (secondary N) is 1. The molecule has 4 heterocycles. The first-order valence-electron chi connectivity index (χ1n) is 11.4. The zero-order valence-electron chi connectivity index (χ0n) is 20.2. The minimum Gasteiger partial charge on any atom is -0.480 e. The maximum atomic E-state index is 12.8. The van der Waals surface area contributed by atoms with Crippen LogP contribution in [0.2, 0.25) is 0 Å². The number of likely N-dealkylation sites (N-methyl/N-ethyl adjacent to an activating group) is 1. The Labute approximate surface area is 203 Å². The highest BCUT2D eigenvalue weighted by Crippen LogP contribution is 2.32. The molecule has 178 valence electrons. The normalized spacial score (nSPS) is 13.4. The number of nitrogens with zero attached hydrogens (tertiary/aromatic N) is 6. The lowest BCUT2D eigenvalue weighted by molar-refractivity contribution is 0.0828. The van der Waals surface area contributed by atoms with Crippen LogP contribution in [-0.2, 0) is 13.0 Å². The van der Waals surface area contributed by atoms with E-state index in [1.165, 1.54) is 0 Å². The molecule has 0 radical (unpaired) electrons. The predicted molar refractivity (Wildman–Crippen MR) is 135 cm³/mol. The quantitative estimate of drug-likeness (QED) is 0.474. The third-order valence-corrected chi connectivity index (χ3v) is 6.08. The molecule has 0 bridgehead atoms. The maximum absolute atomic E-state index is 12.8. The second-order valence-electron chi connectivity index (χ2n) is 8.80. The van der Waals surface area contributed by atoms with Gasteiger partial charge in [-0.2, -0.15) is 0 Å². The minimum absolute atomic E-state index is 0.0957. The fourth-order valence-corrected chi connectivity index (χ4v) is 4.29. The molecular weight excluding hydrogens is 442 g/mol. The summed E-state index contributed by atoms with van der Waals surface area (Å²) < 4.78 is 5.56. The van der Waals surface area contributed by atoms with Crippen LogP contribution in [0.15, 0.2) is 48.8 Å². The van der Waals surface area contributed by atoms with Crippen LogP contribution in [0, 0.1) is 0 Å². The second kappa shape index (κ2) is 9.27. The summed E-state index contributed by atoms with van der Waals surface area (Å²) in [4.78, 5) is 35.2. The van der Waals surface area contributed by atoms with E-state index in [4.69, 9.17) is 14.7 Å². The van der Waals surface area contributed by atoms with Crippen molar-refractivity contribution < 1.29 is 9.53 Å². The van der Waals surface area contributed by atoms with E-state index in [0.29, 0.717) is 34.3 Å². The zero-order chi connectivity index (χ0) is 24.5. The van der Waals surface area contributed by atoms with Crippen LogP contribution in [0.1, 0.15) is 21.6 Å². The molecule has 1 amide bonds. The van der Waals surface area contributed by atoms with Gasteiger partial charge in [0, 0.05) is 62.5 Å². The molecule has 0 saturated heterocycles. The molecule has 35 heavy (non-hydrogen) atoms. The number of rotatable bonds is 5. The first kappa shape index (κ1) is 22.7. The van der Waals surface area contributed by atoms with Gasteiger partial charge in [0.1, 0.15) is 11.2 Å². The smallest absolute Gasteiger partial charge is 0.254 e. The third kappa shape index (κ3) is 4.38. The monoisotopic (exact) mass is 469 g/mol. The Morgan fingerprint density at radius 3 is 2.77 bits per heavy atom. The summed E-state index contributed by atoms with van der Waals surface area (Å²) in [7, 11) is 7.17. The molecule has 1 aromatic carbocycles. The summed E-state index contributed by atoms with van der Waals surface area (Å²) in [5, 5.41) is 4.11. The van der Waals surface area contributed by atoms with Crippen molar-refractivity contribution in [3.63, 3.8) is 0 Å². The molecule has 0 spiro atoms. The van der Waals surface area contributed by atoms with E-state index in [0.717, 1.165) is 41.7 Å². The van der Waals surface area contributed by atoms with Crippen molar-refractivity contribution in [3.05, 3.63) is 65.6 Å². The summed E-state index contributed by atoms with van der Waals surface area (Å²) in [5.41, 5.74) is 5.46. The molecule has 1 aliphatic heterocycles. The lowest BCUT2D eigenvalue weighted by Gasteiger charge is -2.25. The van der Waals surface area contributed by atoms with Crippen molar-refractivity contribution in [2.45, 2.75) is 13.0 Å². The fraction of sp³-hybridized carbons (Fsp3) is 0.269. The molecular formula is C26H27N7O2. The van der Waals surface area contributed by atoms with Crippen LogP contribution >= 0.6 is 0 Å². The standard InChI is InChI=1S/C26H27N7O2/c1-32(2)25(34)19-8-6-5-7-18(19)23-22-16(9-11-27-23)14-28-26(31-22)30-21-13-17-15-33(3)12-10-20(17)29-24(21)35-4/h5-9,11,13-14H,10,12,15H2,1-4H3,(H,28,30,31). The molecule has 5 rings (SSSR count). The summed E-state index contributed by atoms with van der Waals surface area (Å²) in [5.74, 6) is 0.805. The van der Waals surface area contributed by atoms with Crippen molar-refractivity contribution in [2.75, 3.05) is 40.1 Å². The van der Waals surface area contributed by atoms with Gasteiger partial charge in [-0.1, -0.05) is 18.2 Å². The van der Waals surface area contributed by atoms with E-state index in [1.807, 2.05) is 24.3 Å². The van der Waals surface area contributed by atoms with Crippen molar-refractivity contribution in [3.8, 4) is 17.1 Å². The lowest BCUT2D eigenvalue weighted by Crippen LogP contribution is -2.27. The predicted octanol–water partition coefficient (Wildman–Crippen LogP) is 3.53. The number of fused-ring (bicyclic) bond motifs is 2. The Morgan fingerprint density at radius 2 is 1.97 bits per heavy atom. The van der Waals surface area contributed by atoms with Crippen LogP contribution in [-0.4, -0.2) is 70.4 Å². The van der Waals surface area contributed by atoms with Crippen molar-refractivity contribution >= 4 is 28.4 Å². The van der Waals surface area contributed by atoms with Crippen molar-refractivity contribution in [1.29, 1.82) is 0 Å². The van der Waals surface area contributed by atoms with Crippen molar-refractivity contribution in [2.24, 2.45) is 0 Å². The third-order valence-electron chi connectivity index (χ3n) is 6.08. The molecule has 1 N–H and O–H groups in total. The van der Waals surface area contributed by atoms with Crippen LogP contribution in [0.4, 0.5) is 11.6 Å². The Morgan fingerprint density at radius 1 is 1.14 bits per heavy atom. The molecule has 0 fully saturated rings. The number of carbonyl (C=O) groups is 1. The second-order valence-corrected chi connectivity index (χ2v) is 8.80. The maximum Gasteiger partial charge on any atom is 0.254 e. The molecule has 0 atom stereocenters. The van der Waals surface area contributed by atoms with Gasteiger partial charge in [0.25, 0.3) is 5.91 Å². The molecule has 4 aromatic rings. The SMILES string of the molecule is COc1nc2c(cc1Nc1ncc3ccnc(-c4ccccc4C(=O)N(C)C)c3n1)CN(C)CC2. The van der Waals surface area contributed by atoms with Gasteiger partial charge < -0.3 is 19.9 Å². The van der Waals surface area contributed by atoms with Gasteiger partial charge in [-0.05, 0) is 30.8 Å². The van der Waals surface area contributed by atoms with E-state index in [9.17, 15) is 4.79 Å². The lowest BCUT2D eigenvalue weighted by atomic mass is 10.0. The van der Waals surface area contributed by atoms with Crippen LogP contribution < -0.4 is 10.1 Å². The average Bonchev–Trinajstić information content (AvgIpc) is 2.87. The van der Waals surface area contributed by atoms with Gasteiger partial charge in [0.2, 0.25) is 11.8 Å². The number of anilines is 2. The van der Waals surface area contributed by atoms with Gasteiger partial charge >= 0.3 is 0 Å². The number of methoxy groups -OCH3 is 1. The first-order chi connectivity index (χ1) is 16.9. The molecule has 3 aromatic heterocycles. The summed E-state index contributed by atoms with van der Waals surface area (Å²) in [6.07, 6.45) is 4.34. The number of hydrogen-bond acceptors (Lipinski definition) is 8. The number of hydrogen-bond donors (Lipinski definition) is 1. The Hall–Kier alpha value is -4.11.